The molecule has 150 valence electrons. The van der Waals surface area contributed by atoms with E-state index < -0.39 is 0 Å². The van der Waals surface area contributed by atoms with Gasteiger partial charge in [-0.25, -0.2) is 0 Å². The smallest absolute Gasteiger partial charge is 0.231 e. The van der Waals surface area contributed by atoms with Crippen molar-refractivity contribution in [1.29, 1.82) is 0 Å². The Kier molecular flexibility index (Phi) is 4.24. The highest BCUT2D eigenvalue weighted by Gasteiger charge is 2.40. The molecule has 2 aromatic carbocycles. The fraction of sp³-hybridized carbons (Fsp3) is 0.350. The molecule has 2 atom stereocenters. The Balaban J connectivity index is 1.66. The number of likely N-dealkylation sites (N-methyl/N-ethyl adjacent to an activating group) is 1. The zero-order chi connectivity index (χ0) is 20.0. The van der Waals surface area contributed by atoms with Crippen molar-refractivity contribution in [3.63, 3.8) is 0 Å². The number of nitrogens with zero attached hydrogens (tertiary/aromatic N) is 4. The number of fused-ring (bicyclic) bond motifs is 2. The van der Waals surface area contributed by atoms with E-state index in [9.17, 15) is 0 Å². The van der Waals surface area contributed by atoms with E-state index in [0.717, 1.165) is 41.5 Å². The Morgan fingerprint density at radius 1 is 1.14 bits per heavy atom. The number of quaternary nitrogens is 1. The second kappa shape index (κ2) is 6.93. The molecule has 1 aromatic heterocycles. The number of ether oxygens (including phenoxy) is 4. The first kappa shape index (κ1) is 17.7. The van der Waals surface area contributed by atoms with Crippen LogP contribution in [-0.2, 0) is 6.42 Å². The summed E-state index contributed by atoms with van der Waals surface area (Å²) >= 11 is 0. The van der Waals surface area contributed by atoms with Crippen molar-refractivity contribution in [2.45, 2.75) is 12.5 Å². The van der Waals surface area contributed by atoms with Crippen LogP contribution in [0.5, 0.6) is 23.0 Å². The summed E-state index contributed by atoms with van der Waals surface area (Å²) in [4.78, 5) is 1.28. The lowest BCUT2D eigenvalue weighted by atomic mass is 9.90. The first-order chi connectivity index (χ1) is 14.2. The van der Waals surface area contributed by atoms with Crippen molar-refractivity contribution in [3.05, 3.63) is 47.3 Å². The molecule has 0 saturated carbocycles. The highest BCUT2D eigenvalue weighted by atomic mass is 16.7. The number of hydrogen-bond donors (Lipinski definition) is 1. The van der Waals surface area contributed by atoms with Gasteiger partial charge in [0, 0.05) is 6.42 Å². The molecule has 1 N–H and O–H groups in total. The maximum absolute atomic E-state index is 5.80. The monoisotopic (exact) mass is 396 g/mol. The number of benzene rings is 2. The standard InChI is InChI=1S/C20H21N5O4/c1-24-9-8-12-10-15-18(29-11-28-15)19(27-3)16(12)17(24)20-21-22-23-25(20)13-4-6-14(26-2)7-5-13/h4-7,10,17H,8-9,11H2,1-3H3/p+1/t17-/m0/s1. The third kappa shape index (κ3) is 2.77. The third-order valence-electron chi connectivity index (χ3n) is 5.59. The van der Waals surface area contributed by atoms with Crippen LogP contribution >= 0.6 is 0 Å². The molecule has 2 aliphatic heterocycles. The summed E-state index contributed by atoms with van der Waals surface area (Å²) in [5.74, 6) is 3.60. The molecule has 5 rings (SSSR count). The lowest BCUT2D eigenvalue weighted by Crippen LogP contribution is -3.10. The van der Waals surface area contributed by atoms with Crippen molar-refractivity contribution in [2.24, 2.45) is 0 Å². The minimum absolute atomic E-state index is 0.111. The minimum atomic E-state index is -0.111. The molecule has 0 aliphatic carbocycles. The molecule has 9 nitrogen and oxygen atoms in total. The van der Waals surface area contributed by atoms with Crippen molar-refractivity contribution in [2.75, 3.05) is 34.6 Å². The Morgan fingerprint density at radius 3 is 2.72 bits per heavy atom. The fourth-order valence-electron chi connectivity index (χ4n) is 4.16. The zero-order valence-electron chi connectivity index (χ0n) is 16.5. The molecular formula is C20H22N5O4+. The van der Waals surface area contributed by atoms with Gasteiger partial charge in [0.05, 0.1) is 39.1 Å². The van der Waals surface area contributed by atoms with Gasteiger partial charge in [0.15, 0.2) is 17.5 Å². The summed E-state index contributed by atoms with van der Waals surface area (Å²) < 4.78 is 24.1. The maximum Gasteiger partial charge on any atom is 0.231 e. The van der Waals surface area contributed by atoms with E-state index in [1.54, 1.807) is 18.9 Å². The second-order valence-electron chi connectivity index (χ2n) is 7.14. The number of rotatable bonds is 4. The molecule has 9 heteroatoms. The topological polar surface area (TPSA) is 85.0 Å². The van der Waals surface area contributed by atoms with Gasteiger partial charge in [-0.3, -0.25) is 0 Å². The van der Waals surface area contributed by atoms with Gasteiger partial charge >= 0.3 is 0 Å². The SMILES string of the molecule is COc1ccc(-n2nnnc2[C@@H]2c3c(cc4c(c3OC)OCO4)CC[NH+]2C)cc1. The largest absolute Gasteiger partial charge is 0.497 e. The van der Waals surface area contributed by atoms with E-state index in [0.29, 0.717) is 11.5 Å². The Hall–Kier alpha value is -3.33. The van der Waals surface area contributed by atoms with Crippen molar-refractivity contribution < 1.29 is 23.8 Å². The lowest BCUT2D eigenvalue weighted by molar-refractivity contribution is -0.909. The van der Waals surface area contributed by atoms with Crippen LogP contribution in [0.25, 0.3) is 5.69 Å². The summed E-state index contributed by atoms with van der Waals surface area (Å²) in [7, 11) is 5.45. The van der Waals surface area contributed by atoms with E-state index >= 15 is 0 Å². The number of hydrogen-bond acceptors (Lipinski definition) is 7. The van der Waals surface area contributed by atoms with Crippen LogP contribution in [0, 0.1) is 0 Å². The van der Waals surface area contributed by atoms with Gasteiger partial charge in [0.1, 0.15) is 5.75 Å². The van der Waals surface area contributed by atoms with E-state index in [4.69, 9.17) is 18.9 Å². The van der Waals surface area contributed by atoms with Crippen LogP contribution in [0.15, 0.2) is 30.3 Å². The predicted octanol–water partition coefficient (Wildman–Crippen LogP) is 0.568. The van der Waals surface area contributed by atoms with Gasteiger partial charge in [-0.2, -0.15) is 4.68 Å². The second-order valence-corrected chi connectivity index (χ2v) is 7.14. The Bertz CT molecular complexity index is 1050. The quantitative estimate of drug-likeness (QED) is 0.690. The van der Waals surface area contributed by atoms with E-state index in [2.05, 4.69) is 28.6 Å². The fourth-order valence-corrected chi connectivity index (χ4v) is 4.16. The minimum Gasteiger partial charge on any atom is -0.497 e. The van der Waals surface area contributed by atoms with E-state index in [1.807, 2.05) is 24.3 Å². The zero-order valence-corrected chi connectivity index (χ0v) is 16.5. The Morgan fingerprint density at radius 2 is 1.97 bits per heavy atom. The molecular weight excluding hydrogens is 374 g/mol. The van der Waals surface area contributed by atoms with Gasteiger partial charge < -0.3 is 23.8 Å². The maximum atomic E-state index is 5.80. The predicted molar refractivity (Wildman–Crippen MR) is 102 cm³/mol. The summed E-state index contributed by atoms with van der Waals surface area (Å²) in [6.45, 7) is 1.14. The molecule has 0 bridgehead atoms. The average molecular weight is 396 g/mol. The van der Waals surface area contributed by atoms with Gasteiger partial charge in [-0.1, -0.05) is 0 Å². The van der Waals surface area contributed by atoms with E-state index in [-0.39, 0.29) is 12.8 Å². The number of methoxy groups -OCH3 is 2. The summed E-state index contributed by atoms with van der Waals surface area (Å²) in [6.07, 6.45) is 0.911. The van der Waals surface area contributed by atoms with E-state index in [1.165, 1.54) is 10.5 Å². The molecule has 0 saturated heterocycles. The molecule has 3 aromatic rings. The number of nitrogens with one attached hydrogen (secondary N) is 1. The van der Waals surface area contributed by atoms with Crippen LogP contribution in [0.3, 0.4) is 0 Å². The van der Waals surface area contributed by atoms with Gasteiger partial charge in [-0.15, -0.1) is 5.10 Å². The van der Waals surface area contributed by atoms with Crippen LogP contribution in [0.2, 0.25) is 0 Å². The van der Waals surface area contributed by atoms with Gasteiger partial charge in [0.25, 0.3) is 0 Å². The first-order valence-corrected chi connectivity index (χ1v) is 9.45. The molecule has 0 fully saturated rings. The molecule has 2 aliphatic rings. The van der Waals surface area contributed by atoms with Crippen LogP contribution < -0.4 is 23.8 Å². The van der Waals surface area contributed by atoms with Crippen molar-refractivity contribution in [3.8, 4) is 28.7 Å². The average Bonchev–Trinajstić information content (AvgIpc) is 3.42. The number of aromatic nitrogens is 4. The number of tetrazole rings is 1. The first-order valence-electron chi connectivity index (χ1n) is 9.45. The van der Waals surface area contributed by atoms with Crippen LogP contribution in [0.1, 0.15) is 23.0 Å². The normalized spacial score (nSPS) is 19.7. The third-order valence-corrected chi connectivity index (χ3v) is 5.59. The summed E-state index contributed by atoms with van der Waals surface area (Å²) in [5.41, 5.74) is 3.08. The summed E-state index contributed by atoms with van der Waals surface area (Å²) in [6, 6.07) is 9.61. The molecule has 3 heterocycles. The van der Waals surface area contributed by atoms with Gasteiger partial charge in [0.2, 0.25) is 18.4 Å². The molecule has 0 radical (unpaired) electrons. The molecule has 29 heavy (non-hydrogen) atoms. The van der Waals surface area contributed by atoms with Crippen LogP contribution in [-0.4, -0.2) is 54.8 Å². The molecule has 0 spiro atoms. The van der Waals surface area contributed by atoms with Crippen LogP contribution in [0.4, 0.5) is 0 Å². The molecule has 1 unspecified atom stereocenters. The highest BCUT2D eigenvalue weighted by Crippen LogP contribution is 2.48. The highest BCUT2D eigenvalue weighted by molar-refractivity contribution is 5.62. The summed E-state index contributed by atoms with van der Waals surface area (Å²) in [5, 5.41) is 12.6. The molecule has 0 amide bonds. The van der Waals surface area contributed by atoms with Crippen molar-refractivity contribution >= 4 is 0 Å². The lowest BCUT2D eigenvalue weighted by Gasteiger charge is -2.32. The van der Waals surface area contributed by atoms with Gasteiger partial charge in [-0.05, 0) is 46.3 Å². The Labute approximate surface area is 167 Å². The van der Waals surface area contributed by atoms with Crippen molar-refractivity contribution in [1.82, 2.24) is 20.2 Å².